The van der Waals surface area contributed by atoms with Gasteiger partial charge in [-0.05, 0) is 28.4 Å². The Labute approximate surface area is 186 Å². The molecule has 4 aromatic rings. The van der Waals surface area contributed by atoms with Crippen LogP contribution in [0.5, 0.6) is 0 Å². The van der Waals surface area contributed by atoms with E-state index in [1.54, 1.807) is 12.4 Å². The second-order valence-corrected chi connectivity index (χ2v) is 7.07. The summed E-state index contributed by atoms with van der Waals surface area (Å²) >= 11 is 0. The smallest absolute Gasteiger partial charge is 0.416 e. The molecule has 2 aromatic carbocycles. The first-order valence-electron chi connectivity index (χ1n) is 9.73. The first kappa shape index (κ1) is 21.9. The highest BCUT2D eigenvalue weighted by molar-refractivity contribution is 5.87. The summed E-state index contributed by atoms with van der Waals surface area (Å²) in [6.07, 6.45) is 1.81. The van der Waals surface area contributed by atoms with Crippen LogP contribution in [0.2, 0.25) is 0 Å². The molecule has 0 saturated heterocycles. The van der Waals surface area contributed by atoms with Gasteiger partial charge in [0.2, 0.25) is 11.3 Å². The van der Waals surface area contributed by atoms with Gasteiger partial charge >= 0.3 is 12.1 Å². The minimum Gasteiger partial charge on any atom is -0.846 e. The normalized spacial score (nSPS) is 13.0. The SMILES string of the molecule is CC(c1ccc(-c2cncnc2)cc1)[n+]1cc(N=C([O-])Nc2cccc(C(F)(F)F)c2)on1. The van der Waals surface area contributed by atoms with Crippen molar-refractivity contribution in [1.82, 2.24) is 15.2 Å². The lowest BCUT2D eigenvalue weighted by Crippen LogP contribution is -2.39. The van der Waals surface area contributed by atoms with Crippen LogP contribution < -0.4 is 15.1 Å². The quantitative estimate of drug-likeness (QED) is 0.281. The van der Waals surface area contributed by atoms with Gasteiger partial charge in [-0.2, -0.15) is 13.2 Å². The van der Waals surface area contributed by atoms with Crippen molar-refractivity contribution in [2.45, 2.75) is 19.1 Å². The molecule has 168 valence electrons. The van der Waals surface area contributed by atoms with Crippen molar-refractivity contribution in [1.29, 1.82) is 0 Å². The summed E-state index contributed by atoms with van der Waals surface area (Å²) in [4.78, 5) is 11.7. The van der Waals surface area contributed by atoms with Gasteiger partial charge in [-0.3, -0.25) is 4.52 Å². The molecule has 0 radical (unpaired) electrons. The van der Waals surface area contributed by atoms with Gasteiger partial charge in [0, 0.05) is 36.1 Å². The second kappa shape index (κ2) is 9.07. The molecule has 33 heavy (non-hydrogen) atoms. The Balaban J connectivity index is 1.45. The first-order valence-corrected chi connectivity index (χ1v) is 9.73. The van der Waals surface area contributed by atoms with Crippen molar-refractivity contribution < 1.29 is 27.5 Å². The predicted molar refractivity (Wildman–Crippen MR) is 110 cm³/mol. The molecule has 4 rings (SSSR count). The lowest BCUT2D eigenvalue weighted by molar-refractivity contribution is -0.774. The lowest BCUT2D eigenvalue weighted by Gasteiger charge is -2.14. The largest absolute Gasteiger partial charge is 0.846 e. The summed E-state index contributed by atoms with van der Waals surface area (Å²) in [6, 6.07) is 10.8. The van der Waals surface area contributed by atoms with E-state index in [4.69, 9.17) is 4.52 Å². The van der Waals surface area contributed by atoms with E-state index in [1.807, 2.05) is 31.2 Å². The van der Waals surface area contributed by atoms with Gasteiger partial charge in [-0.1, -0.05) is 30.3 Å². The fraction of sp³-hybridized carbons (Fsp3) is 0.136. The van der Waals surface area contributed by atoms with Crippen molar-refractivity contribution in [2.24, 2.45) is 4.99 Å². The maximum atomic E-state index is 12.8. The van der Waals surface area contributed by atoms with Gasteiger partial charge in [0.15, 0.2) is 0 Å². The Morgan fingerprint density at radius 3 is 2.52 bits per heavy atom. The topological polar surface area (TPSA) is 103 Å². The zero-order valence-corrected chi connectivity index (χ0v) is 17.2. The van der Waals surface area contributed by atoms with Crippen molar-refractivity contribution in [3.8, 4) is 11.1 Å². The number of anilines is 1. The number of aliphatic imine (C=N–C) groups is 1. The molecule has 0 amide bonds. The van der Waals surface area contributed by atoms with Gasteiger partial charge in [0.05, 0.1) is 11.6 Å². The molecule has 0 aliphatic rings. The Morgan fingerprint density at radius 2 is 1.82 bits per heavy atom. The number of nitrogens with one attached hydrogen (secondary N) is 1. The Hall–Kier alpha value is -4.28. The van der Waals surface area contributed by atoms with Crippen molar-refractivity contribution in [2.75, 3.05) is 5.32 Å². The fourth-order valence-corrected chi connectivity index (χ4v) is 3.06. The Kier molecular flexibility index (Phi) is 6.03. The van der Waals surface area contributed by atoms with E-state index >= 15 is 0 Å². The molecule has 0 saturated carbocycles. The standard InChI is InChI=1S/C22H17F3N6O2/c1-14(15-5-7-16(8-6-15)17-10-26-13-27-11-17)31-12-20(33-30-31)29-21(32)28-19-4-2-3-18(9-19)22(23,24)25/h2-14H,1H3,(H-,28,29,30,32). The molecule has 2 aromatic heterocycles. The minimum atomic E-state index is -4.52. The van der Waals surface area contributed by atoms with Gasteiger partial charge in [-0.25, -0.2) is 15.0 Å². The van der Waals surface area contributed by atoms with Gasteiger partial charge < -0.3 is 10.4 Å². The zero-order valence-electron chi connectivity index (χ0n) is 17.2. The predicted octanol–water partition coefficient (Wildman–Crippen LogP) is 3.51. The third-order valence-corrected chi connectivity index (χ3v) is 4.81. The third-order valence-electron chi connectivity index (χ3n) is 4.81. The molecular formula is C22H17F3N6O2. The molecule has 0 aliphatic carbocycles. The van der Waals surface area contributed by atoms with E-state index in [9.17, 15) is 18.3 Å². The van der Waals surface area contributed by atoms with E-state index in [-0.39, 0.29) is 17.6 Å². The average molecular weight is 454 g/mol. The van der Waals surface area contributed by atoms with Crippen LogP contribution in [0.15, 0.2) is 83.0 Å². The number of amidine groups is 1. The molecule has 8 nitrogen and oxygen atoms in total. The summed E-state index contributed by atoms with van der Waals surface area (Å²) in [5, 5.41) is 18.3. The van der Waals surface area contributed by atoms with E-state index < -0.39 is 17.8 Å². The molecule has 0 bridgehead atoms. The zero-order chi connectivity index (χ0) is 23.4. The summed E-state index contributed by atoms with van der Waals surface area (Å²) < 4.78 is 45.0. The highest BCUT2D eigenvalue weighted by Crippen LogP contribution is 2.30. The summed E-state index contributed by atoms with van der Waals surface area (Å²) in [7, 11) is 0. The first-order chi connectivity index (χ1) is 15.8. The lowest BCUT2D eigenvalue weighted by atomic mass is 10.0. The second-order valence-electron chi connectivity index (χ2n) is 7.07. The average Bonchev–Trinajstić information content (AvgIpc) is 3.27. The highest BCUT2D eigenvalue weighted by atomic mass is 19.4. The molecule has 1 atom stereocenters. The summed E-state index contributed by atoms with van der Waals surface area (Å²) in [5.74, 6) is -0.0932. The highest BCUT2D eigenvalue weighted by Gasteiger charge is 2.30. The van der Waals surface area contributed by atoms with Crippen molar-refractivity contribution >= 4 is 17.6 Å². The van der Waals surface area contributed by atoms with Gasteiger partial charge in [0.1, 0.15) is 6.33 Å². The van der Waals surface area contributed by atoms with Gasteiger partial charge in [0.25, 0.3) is 6.20 Å². The van der Waals surface area contributed by atoms with Crippen LogP contribution in [0.1, 0.15) is 24.1 Å². The van der Waals surface area contributed by atoms with Crippen LogP contribution >= 0.6 is 0 Å². The minimum absolute atomic E-state index is 0.0387. The van der Waals surface area contributed by atoms with Crippen LogP contribution in [0.3, 0.4) is 0 Å². The van der Waals surface area contributed by atoms with Crippen LogP contribution in [-0.4, -0.2) is 21.3 Å². The molecule has 2 heterocycles. The number of benzene rings is 2. The van der Waals surface area contributed by atoms with Crippen LogP contribution in [0.25, 0.3) is 11.1 Å². The number of hydrogen-bond donors (Lipinski definition) is 1. The third kappa shape index (κ3) is 5.32. The van der Waals surface area contributed by atoms with Crippen LogP contribution in [-0.2, 0) is 6.18 Å². The van der Waals surface area contributed by atoms with Gasteiger partial charge in [-0.15, -0.1) is 0 Å². The Bertz CT molecular complexity index is 1260. The van der Waals surface area contributed by atoms with E-state index in [2.05, 4.69) is 25.5 Å². The molecule has 1 unspecified atom stereocenters. The van der Waals surface area contributed by atoms with Crippen LogP contribution in [0.4, 0.5) is 24.7 Å². The van der Waals surface area contributed by atoms with Crippen molar-refractivity contribution in [3.63, 3.8) is 0 Å². The van der Waals surface area contributed by atoms with Crippen molar-refractivity contribution in [3.05, 3.63) is 84.6 Å². The summed E-state index contributed by atoms with van der Waals surface area (Å²) in [6.45, 7) is 1.88. The maximum absolute atomic E-state index is 12.8. The maximum Gasteiger partial charge on any atom is 0.416 e. The number of aromatic nitrogens is 4. The number of alkyl halides is 3. The molecular weight excluding hydrogens is 437 g/mol. The Morgan fingerprint density at radius 1 is 1.09 bits per heavy atom. The number of hydrogen-bond acceptors (Lipinski definition) is 6. The van der Waals surface area contributed by atoms with Crippen LogP contribution in [0, 0.1) is 0 Å². The monoisotopic (exact) mass is 454 g/mol. The molecule has 11 heteroatoms. The van der Waals surface area contributed by atoms with E-state index in [0.29, 0.717) is 0 Å². The summed E-state index contributed by atoms with van der Waals surface area (Å²) in [5.41, 5.74) is 1.85. The van der Waals surface area contributed by atoms with E-state index in [0.717, 1.165) is 28.8 Å². The fourth-order valence-electron chi connectivity index (χ4n) is 3.06. The molecule has 0 fully saturated rings. The number of halogens is 3. The molecule has 0 spiro atoms. The number of nitrogens with zero attached hydrogens (tertiary/aromatic N) is 5. The molecule has 1 N–H and O–H groups in total. The number of rotatable bonds is 5. The van der Waals surface area contributed by atoms with E-state index in [1.165, 1.54) is 29.3 Å². The molecule has 0 aliphatic heterocycles.